The van der Waals surface area contributed by atoms with Crippen molar-refractivity contribution < 1.29 is 4.79 Å². The van der Waals surface area contributed by atoms with Crippen molar-refractivity contribution in [1.82, 2.24) is 3.93 Å². The van der Waals surface area contributed by atoms with E-state index in [9.17, 15) is 4.79 Å². The van der Waals surface area contributed by atoms with Crippen molar-refractivity contribution in [2.24, 2.45) is 5.73 Å². The third kappa shape index (κ3) is 2.85. The van der Waals surface area contributed by atoms with Crippen molar-refractivity contribution in [3.8, 4) is 0 Å². The maximum absolute atomic E-state index is 10.2. The summed E-state index contributed by atoms with van der Waals surface area (Å²) in [7, 11) is 0. The van der Waals surface area contributed by atoms with Gasteiger partial charge < -0.3 is 5.73 Å². The fourth-order valence-electron chi connectivity index (χ4n) is 0.307. The number of primary amides is 1. The van der Waals surface area contributed by atoms with Crippen LogP contribution in [0.3, 0.4) is 0 Å². The molecule has 3 nitrogen and oxygen atoms in total. The average Bonchev–Trinajstić information content (AvgIpc) is 1.67. The molecule has 0 aromatic rings. The second-order valence-corrected chi connectivity index (χ2v) is 2.28. The predicted molar refractivity (Wildman–Crippen MR) is 35.5 cm³/mol. The Morgan fingerprint density at radius 2 is 2.38 bits per heavy atom. The van der Waals surface area contributed by atoms with E-state index in [0.29, 0.717) is 6.54 Å². The van der Waals surface area contributed by atoms with Crippen molar-refractivity contribution >= 4 is 22.2 Å². The third-order valence-electron chi connectivity index (χ3n) is 0.659. The Kier molecular flexibility index (Phi) is 3.60. The minimum Gasteiger partial charge on any atom is -0.351 e. The van der Waals surface area contributed by atoms with Gasteiger partial charge in [-0.15, -0.1) is 0 Å². The van der Waals surface area contributed by atoms with E-state index in [0.717, 1.165) is 6.42 Å². The van der Waals surface area contributed by atoms with Gasteiger partial charge in [-0.25, -0.2) is 4.79 Å². The molecule has 0 aliphatic rings. The number of hydrogen-bond acceptors (Lipinski definition) is 1. The summed E-state index contributed by atoms with van der Waals surface area (Å²) in [6, 6.07) is -0.438. The number of rotatable bonds is 2. The van der Waals surface area contributed by atoms with Gasteiger partial charge in [-0.2, -0.15) is 0 Å². The molecular formula is C4H9BrN2O. The van der Waals surface area contributed by atoms with Gasteiger partial charge >= 0.3 is 6.03 Å². The molecule has 0 aromatic heterocycles. The van der Waals surface area contributed by atoms with E-state index in [2.05, 4.69) is 16.1 Å². The third-order valence-corrected chi connectivity index (χ3v) is 1.36. The number of nitrogens with zero attached hydrogens (tertiary/aromatic N) is 1. The summed E-state index contributed by atoms with van der Waals surface area (Å²) in [6.45, 7) is 2.63. The first-order valence-electron chi connectivity index (χ1n) is 2.41. The molecule has 0 aliphatic carbocycles. The second-order valence-electron chi connectivity index (χ2n) is 1.42. The molecule has 0 rings (SSSR count). The highest BCUT2D eigenvalue weighted by Gasteiger charge is 2.00. The lowest BCUT2D eigenvalue weighted by Crippen LogP contribution is -2.27. The zero-order chi connectivity index (χ0) is 6.57. The van der Waals surface area contributed by atoms with E-state index in [1.54, 1.807) is 0 Å². The van der Waals surface area contributed by atoms with Crippen LogP contribution in [0.15, 0.2) is 0 Å². The zero-order valence-corrected chi connectivity index (χ0v) is 6.31. The van der Waals surface area contributed by atoms with E-state index in [-0.39, 0.29) is 0 Å². The highest BCUT2D eigenvalue weighted by atomic mass is 79.9. The van der Waals surface area contributed by atoms with Crippen molar-refractivity contribution in [1.29, 1.82) is 0 Å². The molecule has 8 heavy (non-hydrogen) atoms. The highest BCUT2D eigenvalue weighted by molar-refractivity contribution is 9.07. The number of nitrogens with two attached hydrogens (primary N) is 1. The first-order valence-corrected chi connectivity index (χ1v) is 3.12. The van der Waals surface area contributed by atoms with Crippen LogP contribution >= 0.6 is 16.1 Å². The molecule has 2 N–H and O–H groups in total. The molecule has 0 atom stereocenters. The molecule has 0 spiro atoms. The first kappa shape index (κ1) is 7.75. The standard InChI is InChI=1S/C4H9BrN2O/c1-2-3-7(5)4(6)8/h2-3H2,1H3,(H2,6,8). The van der Waals surface area contributed by atoms with Crippen LogP contribution in [0.5, 0.6) is 0 Å². The van der Waals surface area contributed by atoms with E-state index < -0.39 is 6.03 Å². The fraction of sp³-hybridized carbons (Fsp3) is 0.750. The van der Waals surface area contributed by atoms with Crippen molar-refractivity contribution in [2.75, 3.05) is 6.54 Å². The summed E-state index contributed by atoms with van der Waals surface area (Å²) < 4.78 is 1.30. The molecule has 0 bridgehead atoms. The summed E-state index contributed by atoms with van der Waals surface area (Å²) in [5.74, 6) is 0. The zero-order valence-electron chi connectivity index (χ0n) is 4.72. The largest absolute Gasteiger partial charge is 0.351 e. The van der Waals surface area contributed by atoms with Crippen molar-refractivity contribution in [3.05, 3.63) is 0 Å². The van der Waals surface area contributed by atoms with E-state index in [1.165, 1.54) is 3.93 Å². The lowest BCUT2D eigenvalue weighted by Gasteiger charge is -2.07. The van der Waals surface area contributed by atoms with Crippen LogP contribution in [0.4, 0.5) is 4.79 Å². The molecule has 0 aromatic carbocycles. The number of carbonyl (C=O) groups excluding carboxylic acids is 1. The van der Waals surface area contributed by atoms with Crippen molar-refractivity contribution in [2.45, 2.75) is 13.3 Å². The first-order chi connectivity index (χ1) is 3.68. The Bertz CT molecular complexity index is 86.1. The van der Waals surface area contributed by atoms with Crippen LogP contribution < -0.4 is 5.73 Å². The molecule has 0 saturated carbocycles. The fourth-order valence-corrected chi connectivity index (χ4v) is 0.661. The maximum Gasteiger partial charge on any atom is 0.324 e. The van der Waals surface area contributed by atoms with Gasteiger partial charge in [-0.05, 0) is 6.42 Å². The maximum atomic E-state index is 10.2. The van der Waals surface area contributed by atoms with Crippen LogP contribution in [0.1, 0.15) is 13.3 Å². The normalized spacial score (nSPS) is 8.75. The van der Waals surface area contributed by atoms with Gasteiger partial charge in [-0.1, -0.05) is 6.92 Å². The number of carbonyl (C=O) groups is 1. The Morgan fingerprint density at radius 1 is 1.88 bits per heavy atom. The molecule has 0 fully saturated rings. The monoisotopic (exact) mass is 180 g/mol. The van der Waals surface area contributed by atoms with Gasteiger partial charge in [0.25, 0.3) is 0 Å². The van der Waals surface area contributed by atoms with Gasteiger partial charge in [0.2, 0.25) is 0 Å². The Morgan fingerprint density at radius 3 is 2.50 bits per heavy atom. The molecule has 0 radical (unpaired) electrons. The molecular weight excluding hydrogens is 172 g/mol. The van der Waals surface area contributed by atoms with E-state index in [1.807, 2.05) is 6.92 Å². The van der Waals surface area contributed by atoms with Crippen LogP contribution in [-0.4, -0.2) is 16.5 Å². The number of amides is 2. The molecule has 2 amide bonds. The SMILES string of the molecule is CCCN(Br)C(N)=O. The number of hydrogen-bond donors (Lipinski definition) is 1. The second kappa shape index (κ2) is 3.72. The van der Waals surface area contributed by atoms with Gasteiger partial charge in [0.05, 0.1) is 16.1 Å². The smallest absolute Gasteiger partial charge is 0.324 e. The highest BCUT2D eigenvalue weighted by Crippen LogP contribution is 1.96. The average molecular weight is 181 g/mol. The topological polar surface area (TPSA) is 46.3 Å². The molecule has 0 heterocycles. The molecule has 48 valence electrons. The Balaban J connectivity index is 3.32. The lowest BCUT2D eigenvalue weighted by atomic mass is 10.5. The molecule has 4 heteroatoms. The van der Waals surface area contributed by atoms with Crippen LogP contribution in [-0.2, 0) is 0 Å². The summed E-state index contributed by atoms with van der Waals surface area (Å²) in [5, 5.41) is 0. The van der Waals surface area contributed by atoms with Gasteiger partial charge in [0.15, 0.2) is 0 Å². The Hall–Kier alpha value is -0.250. The quantitative estimate of drug-likeness (QED) is 0.636. The lowest BCUT2D eigenvalue weighted by molar-refractivity contribution is 0.236. The van der Waals surface area contributed by atoms with Gasteiger partial charge in [0.1, 0.15) is 0 Å². The molecule has 0 saturated heterocycles. The van der Waals surface area contributed by atoms with Crippen LogP contribution in [0.2, 0.25) is 0 Å². The minimum absolute atomic E-state index is 0.438. The van der Waals surface area contributed by atoms with Crippen LogP contribution in [0.25, 0.3) is 0 Å². The minimum atomic E-state index is -0.438. The van der Waals surface area contributed by atoms with Gasteiger partial charge in [0, 0.05) is 6.54 Å². The van der Waals surface area contributed by atoms with Gasteiger partial charge in [-0.3, -0.25) is 3.93 Å². The summed E-state index contributed by atoms with van der Waals surface area (Å²) in [5.41, 5.74) is 4.86. The summed E-state index contributed by atoms with van der Waals surface area (Å²) >= 11 is 2.96. The van der Waals surface area contributed by atoms with Crippen molar-refractivity contribution in [3.63, 3.8) is 0 Å². The summed E-state index contributed by atoms with van der Waals surface area (Å²) in [6.07, 6.45) is 0.911. The molecule has 0 aliphatic heterocycles. The van der Waals surface area contributed by atoms with E-state index in [4.69, 9.17) is 5.73 Å². The number of halogens is 1. The van der Waals surface area contributed by atoms with Crippen LogP contribution in [0, 0.1) is 0 Å². The Labute approximate surface area is 57.2 Å². The molecule has 0 unspecified atom stereocenters. The summed E-state index contributed by atoms with van der Waals surface area (Å²) in [4.78, 5) is 10.2. The predicted octanol–water partition coefficient (Wildman–Crippen LogP) is 1.09. The number of urea groups is 1. The van der Waals surface area contributed by atoms with E-state index >= 15 is 0 Å².